The van der Waals surface area contributed by atoms with Gasteiger partial charge in [-0.3, -0.25) is 4.79 Å². The van der Waals surface area contributed by atoms with Crippen molar-refractivity contribution in [2.75, 3.05) is 6.61 Å². The van der Waals surface area contributed by atoms with Crippen molar-refractivity contribution in [1.29, 1.82) is 0 Å². The molecule has 0 aromatic heterocycles. The number of amides is 1. The van der Waals surface area contributed by atoms with E-state index in [0.717, 1.165) is 12.1 Å². The van der Waals surface area contributed by atoms with E-state index in [9.17, 15) is 27.9 Å². The van der Waals surface area contributed by atoms with Gasteiger partial charge in [-0.25, -0.2) is 4.79 Å². The number of nitrogens with one attached hydrogen (secondary N) is 1. The fourth-order valence-electron chi connectivity index (χ4n) is 1.98. The second-order valence-corrected chi connectivity index (χ2v) is 12.6. The Morgan fingerprint density at radius 1 is 1.22 bits per heavy atom. The lowest BCUT2D eigenvalue weighted by atomic mass is 10.1. The summed E-state index contributed by atoms with van der Waals surface area (Å²) in [6.45, 7) is 10.3. The van der Waals surface area contributed by atoms with Crippen LogP contribution in [0.2, 0.25) is 18.1 Å². The normalized spacial score (nSPS) is 13.9. The lowest BCUT2D eigenvalue weighted by molar-refractivity contribution is -0.140. The molecule has 0 bridgehead atoms. The number of rotatable bonds is 7. The lowest BCUT2D eigenvalue weighted by Gasteiger charge is -2.36. The van der Waals surface area contributed by atoms with Crippen molar-refractivity contribution in [2.24, 2.45) is 0 Å². The second-order valence-electron chi connectivity index (χ2n) is 7.84. The molecule has 0 radical (unpaired) electrons. The number of halogens is 3. The van der Waals surface area contributed by atoms with Crippen molar-refractivity contribution in [3.8, 4) is 0 Å². The summed E-state index contributed by atoms with van der Waals surface area (Å²) in [5.41, 5.74) is -1.22. The standard InChI is InChI=1S/C18H26F3NO4Si/c1-17(2,3)27(4,5)26-10-9-14(16(24)25)22-15(23)12-7-6-8-13(11-12)18(19,20)21/h6-8,11,14H,9-10H2,1-5H3,(H,22,23)(H,24,25)/t14-/m0/s1. The van der Waals surface area contributed by atoms with Gasteiger partial charge in [-0.05, 0) is 36.3 Å². The molecule has 0 saturated carbocycles. The Bertz CT molecular complexity index is 684. The average Bonchev–Trinajstić information content (AvgIpc) is 2.51. The van der Waals surface area contributed by atoms with Crippen LogP contribution in [0, 0.1) is 0 Å². The van der Waals surface area contributed by atoms with Gasteiger partial charge in [-0.1, -0.05) is 26.8 Å². The third kappa shape index (κ3) is 6.66. The molecule has 27 heavy (non-hydrogen) atoms. The molecule has 1 amide bonds. The monoisotopic (exact) mass is 405 g/mol. The third-order valence-electron chi connectivity index (χ3n) is 4.73. The van der Waals surface area contributed by atoms with Crippen LogP contribution in [0.3, 0.4) is 0 Å². The SMILES string of the molecule is CC(C)(C)[Si](C)(C)OCC[C@H](NC(=O)c1cccc(C(F)(F)F)c1)C(=O)O. The molecule has 152 valence electrons. The van der Waals surface area contributed by atoms with E-state index in [-0.39, 0.29) is 23.6 Å². The van der Waals surface area contributed by atoms with Gasteiger partial charge in [0.25, 0.3) is 5.91 Å². The summed E-state index contributed by atoms with van der Waals surface area (Å²) in [4.78, 5) is 23.6. The first-order chi connectivity index (χ1) is 12.1. The number of carbonyl (C=O) groups excluding carboxylic acids is 1. The van der Waals surface area contributed by atoms with Gasteiger partial charge in [0.1, 0.15) is 6.04 Å². The minimum Gasteiger partial charge on any atom is -0.480 e. The fraction of sp³-hybridized carbons (Fsp3) is 0.556. The van der Waals surface area contributed by atoms with E-state index >= 15 is 0 Å². The maximum Gasteiger partial charge on any atom is 0.416 e. The molecule has 0 aliphatic carbocycles. The van der Waals surface area contributed by atoms with Crippen molar-refractivity contribution >= 4 is 20.2 Å². The highest BCUT2D eigenvalue weighted by Crippen LogP contribution is 2.36. The minimum absolute atomic E-state index is 0.0204. The first-order valence-electron chi connectivity index (χ1n) is 8.50. The number of carbonyl (C=O) groups is 2. The molecule has 2 N–H and O–H groups in total. The van der Waals surface area contributed by atoms with Crippen molar-refractivity contribution in [1.82, 2.24) is 5.32 Å². The van der Waals surface area contributed by atoms with Gasteiger partial charge < -0.3 is 14.8 Å². The highest BCUT2D eigenvalue weighted by Gasteiger charge is 2.37. The van der Waals surface area contributed by atoms with E-state index in [1.54, 1.807) is 0 Å². The molecule has 1 aromatic rings. The zero-order chi connectivity index (χ0) is 21.0. The van der Waals surface area contributed by atoms with Crippen LogP contribution >= 0.6 is 0 Å². The molecule has 0 saturated heterocycles. The summed E-state index contributed by atoms with van der Waals surface area (Å²) in [5, 5.41) is 11.5. The Hall–Kier alpha value is -1.87. The second kappa shape index (κ2) is 8.43. The summed E-state index contributed by atoms with van der Waals surface area (Å²) in [5.74, 6) is -2.14. The smallest absolute Gasteiger partial charge is 0.416 e. The van der Waals surface area contributed by atoms with Gasteiger partial charge in [0.15, 0.2) is 8.32 Å². The Balaban J connectivity index is 2.78. The van der Waals surface area contributed by atoms with E-state index in [1.165, 1.54) is 6.07 Å². The Kier molecular flexibility index (Phi) is 7.23. The topological polar surface area (TPSA) is 75.6 Å². The zero-order valence-electron chi connectivity index (χ0n) is 16.1. The zero-order valence-corrected chi connectivity index (χ0v) is 17.1. The number of benzene rings is 1. The number of hydrogen-bond acceptors (Lipinski definition) is 3. The number of carboxylic acid groups (broad SMARTS) is 1. The van der Waals surface area contributed by atoms with Crippen LogP contribution in [0.15, 0.2) is 24.3 Å². The Morgan fingerprint density at radius 3 is 2.30 bits per heavy atom. The largest absolute Gasteiger partial charge is 0.480 e. The van der Waals surface area contributed by atoms with Gasteiger partial charge in [0, 0.05) is 18.6 Å². The average molecular weight is 405 g/mol. The number of aliphatic carboxylic acids is 1. The predicted octanol–water partition coefficient (Wildman–Crippen LogP) is 4.30. The van der Waals surface area contributed by atoms with Crippen LogP contribution < -0.4 is 5.32 Å². The highest BCUT2D eigenvalue weighted by atomic mass is 28.4. The van der Waals surface area contributed by atoms with Crippen molar-refractivity contribution in [3.63, 3.8) is 0 Å². The quantitative estimate of drug-likeness (QED) is 0.663. The van der Waals surface area contributed by atoms with Gasteiger partial charge in [-0.2, -0.15) is 13.2 Å². The van der Waals surface area contributed by atoms with Crippen molar-refractivity contribution in [3.05, 3.63) is 35.4 Å². The van der Waals surface area contributed by atoms with Gasteiger partial charge >= 0.3 is 12.1 Å². The maximum atomic E-state index is 12.8. The highest BCUT2D eigenvalue weighted by molar-refractivity contribution is 6.74. The molecule has 1 rings (SSSR count). The van der Waals surface area contributed by atoms with E-state index in [2.05, 4.69) is 5.32 Å². The van der Waals surface area contributed by atoms with E-state index < -0.39 is 38.0 Å². The first kappa shape index (κ1) is 23.2. The van der Waals surface area contributed by atoms with Crippen LogP contribution in [0.25, 0.3) is 0 Å². The van der Waals surface area contributed by atoms with Gasteiger partial charge in [0.2, 0.25) is 0 Å². The molecular weight excluding hydrogens is 379 g/mol. The summed E-state index contributed by atoms with van der Waals surface area (Å²) in [6.07, 6.45) is -4.56. The van der Waals surface area contributed by atoms with Crippen LogP contribution in [0.1, 0.15) is 43.1 Å². The Labute approximate surface area is 158 Å². The number of alkyl halides is 3. The van der Waals surface area contributed by atoms with Crippen LogP contribution in [0.5, 0.6) is 0 Å². The fourth-order valence-corrected chi connectivity index (χ4v) is 3.05. The van der Waals surface area contributed by atoms with Gasteiger partial charge in [-0.15, -0.1) is 0 Å². The van der Waals surface area contributed by atoms with E-state index in [1.807, 2.05) is 33.9 Å². The summed E-state index contributed by atoms with van der Waals surface area (Å²) < 4.78 is 44.2. The number of carboxylic acids is 1. The van der Waals surface area contributed by atoms with Crippen molar-refractivity contribution < 1.29 is 32.3 Å². The Morgan fingerprint density at radius 2 is 1.81 bits per heavy atom. The molecule has 1 atom stereocenters. The molecule has 5 nitrogen and oxygen atoms in total. The van der Waals surface area contributed by atoms with Crippen LogP contribution in [-0.4, -0.2) is 37.9 Å². The molecule has 0 aliphatic rings. The maximum absolute atomic E-state index is 12.8. The van der Waals surface area contributed by atoms with Crippen LogP contribution in [0.4, 0.5) is 13.2 Å². The summed E-state index contributed by atoms with van der Waals surface area (Å²) >= 11 is 0. The van der Waals surface area contributed by atoms with E-state index in [4.69, 9.17) is 4.43 Å². The minimum atomic E-state index is -4.58. The third-order valence-corrected chi connectivity index (χ3v) is 9.27. The van der Waals surface area contributed by atoms with E-state index in [0.29, 0.717) is 6.07 Å². The summed E-state index contributed by atoms with van der Waals surface area (Å²) in [7, 11) is -2.07. The lowest BCUT2D eigenvalue weighted by Crippen LogP contribution is -2.44. The van der Waals surface area contributed by atoms with Crippen molar-refractivity contribution in [2.45, 2.75) is 57.5 Å². The van der Waals surface area contributed by atoms with Crippen LogP contribution in [-0.2, 0) is 15.4 Å². The predicted molar refractivity (Wildman–Crippen MR) is 98.1 cm³/mol. The molecule has 0 spiro atoms. The molecule has 9 heteroatoms. The molecule has 0 unspecified atom stereocenters. The molecule has 0 heterocycles. The molecule has 0 fully saturated rings. The van der Waals surface area contributed by atoms with Gasteiger partial charge in [0.05, 0.1) is 5.56 Å². The summed E-state index contributed by atoms with van der Waals surface area (Å²) in [6, 6.07) is 2.60. The molecule has 0 aliphatic heterocycles. The molecular formula is C18H26F3NO4Si. The molecule has 1 aromatic carbocycles. The number of hydrogen-bond donors (Lipinski definition) is 2. The first-order valence-corrected chi connectivity index (χ1v) is 11.4.